The topological polar surface area (TPSA) is 95.1 Å². The van der Waals surface area contributed by atoms with Crippen LogP contribution < -0.4 is 5.32 Å². The lowest BCUT2D eigenvalue weighted by Gasteiger charge is -2.16. The predicted octanol–water partition coefficient (Wildman–Crippen LogP) is 2.57. The number of aromatic amines is 1. The molecule has 0 spiro atoms. The molecule has 0 fully saturated rings. The lowest BCUT2D eigenvalue weighted by molar-refractivity contribution is -0.141. The zero-order valence-corrected chi connectivity index (χ0v) is 12.9. The molecule has 6 nitrogen and oxygen atoms in total. The number of hydrogen-bond donors (Lipinski definition) is 3. The smallest absolute Gasteiger partial charge is 0.308 e. The number of amides is 1. The zero-order chi connectivity index (χ0) is 16.3. The first-order valence-electron chi connectivity index (χ1n) is 6.74. The van der Waals surface area contributed by atoms with E-state index in [9.17, 15) is 9.59 Å². The van der Waals surface area contributed by atoms with Gasteiger partial charge in [0.15, 0.2) is 0 Å². The first-order valence-corrected chi connectivity index (χ1v) is 7.12. The fraction of sp³-hybridized carbons (Fsp3) is 0.267. The third kappa shape index (κ3) is 3.46. The third-order valence-corrected chi connectivity index (χ3v) is 3.80. The molecule has 0 saturated heterocycles. The minimum absolute atomic E-state index is 0.249. The van der Waals surface area contributed by atoms with Crippen LogP contribution in [0.5, 0.6) is 0 Å². The number of carbonyl (C=O) groups is 2. The standard InChI is InChI=1S/C15H16ClN3O3/c1-8(15(21)22)9(2)17-14(20)13-7-12(18-19-13)10-5-3-4-6-11(10)16/h3-9H,1-2H3,(H,17,20)(H,18,19)(H,21,22). The van der Waals surface area contributed by atoms with Crippen LogP contribution >= 0.6 is 11.6 Å². The molecule has 0 aliphatic rings. The van der Waals surface area contributed by atoms with Crippen molar-refractivity contribution in [2.24, 2.45) is 5.92 Å². The summed E-state index contributed by atoms with van der Waals surface area (Å²) in [6.45, 7) is 3.18. The van der Waals surface area contributed by atoms with Crippen molar-refractivity contribution in [1.29, 1.82) is 0 Å². The van der Waals surface area contributed by atoms with Crippen LogP contribution in [0.1, 0.15) is 24.3 Å². The van der Waals surface area contributed by atoms with Crippen LogP contribution in [0.2, 0.25) is 5.02 Å². The van der Waals surface area contributed by atoms with Crippen LogP contribution in [-0.4, -0.2) is 33.2 Å². The summed E-state index contributed by atoms with van der Waals surface area (Å²) < 4.78 is 0. The number of H-pyrrole nitrogens is 1. The normalized spacial score (nSPS) is 13.4. The van der Waals surface area contributed by atoms with Gasteiger partial charge in [-0.3, -0.25) is 14.7 Å². The highest BCUT2D eigenvalue weighted by molar-refractivity contribution is 6.33. The summed E-state index contributed by atoms with van der Waals surface area (Å²) >= 11 is 6.09. The summed E-state index contributed by atoms with van der Waals surface area (Å²) in [7, 11) is 0. The van der Waals surface area contributed by atoms with Crippen molar-refractivity contribution in [3.63, 3.8) is 0 Å². The van der Waals surface area contributed by atoms with Gasteiger partial charge in [-0.05, 0) is 26.0 Å². The van der Waals surface area contributed by atoms with Crippen LogP contribution in [-0.2, 0) is 4.79 Å². The molecule has 0 saturated carbocycles. The van der Waals surface area contributed by atoms with Gasteiger partial charge in [-0.25, -0.2) is 0 Å². The summed E-state index contributed by atoms with van der Waals surface area (Å²) in [6.07, 6.45) is 0. The third-order valence-electron chi connectivity index (χ3n) is 3.47. The van der Waals surface area contributed by atoms with Crippen LogP contribution in [0.25, 0.3) is 11.3 Å². The predicted molar refractivity (Wildman–Crippen MR) is 82.8 cm³/mol. The molecule has 116 valence electrons. The molecule has 22 heavy (non-hydrogen) atoms. The Morgan fingerprint density at radius 1 is 1.32 bits per heavy atom. The number of carbonyl (C=O) groups excluding carboxylic acids is 1. The summed E-state index contributed by atoms with van der Waals surface area (Å²) in [5.74, 6) is -2.06. The molecule has 2 atom stereocenters. The summed E-state index contributed by atoms with van der Waals surface area (Å²) in [4.78, 5) is 23.0. The molecule has 7 heteroatoms. The molecule has 3 N–H and O–H groups in total. The maximum Gasteiger partial charge on any atom is 0.308 e. The fourth-order valence-corrected chi connectivity index (χ4v) is 2.10. The number of aliphatic carboxylic acids is 1. The van der Waals surface area contributed by atoms with E-state index < -0.39 is 23.8 Å². The number of carboxylic acids is 1. The van der Waals surface area contributed by atoms with Gasteiger partial charge in [-0.2, -0.15) is 5.10 Å². The van der Waals surface area contributed by atoms with E-state index in [1.165, 1.54) is 6.92 Å². The van der Waals surface area contributed by atoms with Gasteiger partial charge in [0.2, 0.25) is 0 Å². The highest BCUT2D eigenvalue weighted by Gasteiger charge is 2.22. The van der Waals surface area contributed by atoms with E-state index in [1.807, 2.05) is 6.07 Å². The number of benzene rings is 1. The van der Waals surface area contributed by atoms with Gasteiger partial charge in [0.25, 0.3) is 5.91 Å². The number of carboxylic acid groups (broad SMARTS) is 1. The molecule has 2 aromatic rings. The van der Waals surface area contributed by atoms with E-state index >= 15 is 0 Å². The van der Waals surface area contributed by atoms with Crippen molar-refractivity contribution < 1.29 is 14.7 Å². The number of aromatic nitrogens is 2. The molecular weight excluding hydrogens is 306 g/mol. The number of rotatable bonds is 5. The van der Waals surface area contributed by atoms with Crippen LogP contribution in [0, 0.1) is 5.92 Å². The fourth-order valence-electron chi connectivity index (χ4n) is 1.87. The van der Waals surface area contributed by atoms with Gasteiger partial charge < -0.3 is 10.4 Å². The van der Waals surface area contributed by atoms with Gasteiger partial charge in [-0.1, -0.05) is 29.8 Å². The van der Waals surface area contributed by atoms with Crippen molar-refractivity contribution in [2.75, 3.05) is 0 Å². The summed E-state index contributed by atoms with van der Waals surface area (Å²) in [5, 5.41) is 18.8. The van der Waals surface area contributed by atoms with Gasteiger partial charge in [0, 0.05) is 11.6 Å². The maximum absolute atomic E-state index is 12.1. The number of nitrogens with one attached hydrogen (secondary N) is 2. The minimum atomic E-state index is -0.964. The van der Waals surface area contributed by atoms with Crippen molar-refractivity contribution >= 4 is 23.5 Å². The van der Waals surface area contributed by atoms with Gasteiger partial charge in [-0.15, -0.1) is 0 Å². The maximum atomic E-state index is 12.1. The molecule has 1 aromatic heterocycles. The Kier molecular flexibility index (Phi) is 4.82. The molecule has 0 aliphatic carbocycles. The van der Waals surface area contributed by atoms with E-state index in [-0.39, 0.29) is 5.69 Å². The highest BCUT2D eigenvalue weighted by atomic mass is 35.5. The molecule has 1 amide bonds. The Morgan fingerprint density at radius 2 is 2.00 bits per heavy atom. The minimum Gasteiger partial charge on any atom is -0.481 e. The van der Waals surface area contributed by atoms with Crippen LogP contribution in [0.3, 0.4) is 0 Å². The number of hydrogen-bond acceptors (Lipinski definition) is 3. The van der Waals surface area contributed by atoms with E-state index in [2.05, 4.69) is 15.5 Å². The second kappa shape index (κ2) is 6.62. The second-order valence-electron chi connectivity index (χ2n) is 5.04. The van der Waals surface area contributed by atoms with Gasteiger partial charge in [0.1, 0.15) is 5.69 Å². The Balaban J connectivity index is 2.13. The van der Waals surface area contributed by atoms with Crippen molar-refractivity contribution in [3.05, 3.63) is 41.0 Å². The lowest BCUT2D eigenvalue weighted by Crippen LogP contribution is -2.40. The van der Waals surface area contributed by atoms with E-state index in [0.29, 0.717) is 16.3 Å². The lowest BCUT2D eigenvalue weighted by atomic mass is 10.0. The molecule has 2 unspecified atom stereocenters. The van der Waals surface area contributed by atoms with Gasteiger partial charge in [0.05, 0.1) is 16.6 Å². The number of nitrogens with zero attached hydrogens (tertiary/aromatic N) is 1. The van der Waals surface area contributed by atoms with Crippen molar-refractivity contribution in [2.45, 2.75) is 19.9 Å². The average molecular weight is 322 g/mol. The summed E-state index contributed by atoms with van der Waals surface area (Å²) in [6, 6.07) is 8.25. The molecule has 0 radical (unpaired) electrons. The van der Waals surface area contributed by atoms with E-state index in [1.54, 1.807) is 31.2 Å². The van der Waals surface area contributed by atoms with Crippen LogP contribution in [0.4, 0.5) is 0 Å². The molecule has 2 rings (SSSR count). The van der Waals surface area contributed by atoms with Crippen molar-refractivity contribution in [3.8, 4) is 11.3 Å². The quantitative estimate of drug-likeness (QED) is 0.788. The molecule has 1 heterocycles. The Hall–Kier alpha value is -2.34. The second-order valence-corrected chi connectivity index (χ2v) is 5.44. The zero-order valence-electron chi connectivity index (χ0n) is 12.1. The van der Waals surface area contributed by atoms with Crippen molar-refractivity contribution in [1.82, 2.24) is 15.5 Å². The molecule has 0 aliphatic heterocycles. The summed E-state index contributed by atoms with van der Waals surface area (Å²) in [5.41, 5.74) is 1.51. The van der Waals surface area contributed by atoms with Crippen LogP contribution in [0.15, 0.2) is 30.3 Å². The molecule has 0 bridgehead atoms. The van der Waals surface area contributed by atoms with E-state index in [0.717, 1.165) is 0 Å². The average Bonchev–Trinajstić information content (AvgIpc) is 2.96. The monoisotopic (exact) mass is 321 g/mol. The SMILES string of the molecule is CC(NC(=O)c1cc(-c2ccccc2Cl)n[nH]1)C(C)C(=O)O. The first kappa shape index (κ1) is 16.0. The Morgan fingerprint density at radius 3 is 2.64 bits per heavy atom. The molecule has 1 aromatic carbocycles. The highest BCUT2D eigenvalue weighted by Crippen LogP contribution is 2.26. The molecular formula is C15H16ClN3O3. The Bertz CT molecular complexity index is 699. The van der Waals surface area contributed by atoms with E-state index in [4.69, 9.17) is 16.7 Å². The first-order chi connectivity index (χ1) is 10.4. The van der Waals surface area contributed by atoms with Gasteiger partial charge >= 0.3 is 5.97 Å². The largest absolute Gasteiger partial charge is 0.481 e. The Labute approximate surface area is 132 Å². The number of halogens is 1.